The van der Waals surface area contributed by atoms with Crippen molar-refractivity contribution in [3.8, 4) is 0 Å². The molecule has 1 saturated heterocycles. The van der Waals surface area contributed by atoms with Crippen LogP contribution in [0, 0.1) is 0 Å². The van der Waals surface area contributed by atoms with Crippen molar-refractivity contribution < 1.29 is 0 Å². The van der Waals surface area contributed by atoms with Crippen LogP contribution in [0.1, 0.15) is 32.6 Å². The van der Waals surface area contributed by atoms with E-state index in [1.54, 1.807) is 0 Å². The van der Waals surface area contributed by atoms with Crippen molar-refractivity contribution in [3.63, 3.8) is 0 Å². The minimum Gasteiger partial charge on any atom is -0.300 e. The van der Waals surface area contributed by atoms with Gasteiger partial charge >= 0.3 is 0 Å². The van der Waals surface area contributed by atoms with Crippen molar-refractivity contribution in [2.24, 2.45) is 0 Å². The van der Waals surface area contributed by atoms with Gasteiger partial charge in [0.2, 0.25) is 0 Å². The van der Waals surface area contributed by atoms with E-state index in [0.29, 0.717) is 0 Å². The second-order valence-electron chi connectivity index (χ2n) is 3.42. The summed E-state index contributed by atoms with van der Waals surface area (Å²) in [6.45, 7) is 4.89. The van der Waals surface area contributed by atoms with Crippen LogP contribution in [0.5, 0.6) is 0 Å². The van der Waals surface area contributed by atoms with Crippen LogP contribution in [0.4, 0.5) is 0 Å². The fourth-order valence-electron chi connectivity index (χ4n) is 1.78. The smallest absolute Gasteiger partial charge is 0.0159 e. The number of alkyl halides is 1. The molecule has 0 aromatic carbocycles. The molecule has 1 atom stereocenters. The van der Waals surface area contributed by atoms with Gasteiger partial charge in [0.25, 0.3) is 0 Å². The van der Waals surface area contributed by atoms with Crippen LogP contribution in [0.2, 0.25) is 0 Å². The number of halogens is 1. The molecule has 11 heavy (non-hydrogen) atoms. The summed E-state index contributed by atoms with van der Waals surface area (Å²) in [5.74, 6) is 0. The standard InChI is InChI=1S/C9H18BrN/c1-9-5-3-2-4-7-11(9)8-6-10/h9H,2-8H2,1H3. The van der Waals surface area contributed by atoms with Gasteiger partial charge in [0, 0.05) is 17.9 Å². The van der Waals surface area contributed by atoms with Gasteiger partial charge < -0.3 is 0 Å². The van der Waals surface area contributed by atoms with Crippen LogP contribution < -0.4 is 0 Å². The Balaban J connectivity index is 2.32. The predicted octanol–water partition coefficient (Wildman–Crippen LogP) is 2.65. The third-order valence-electron chi connectivity index (χ3n) is 2.56. The Morgan fingerprint density at radius 1 is 1.36 bits per heavy atom. The fraction of sp³-hybridized carbons (Fsp3) is 1.00. The van der Waals surface area contributed by atoms with Crippen molar-refractivity contribution in [3.05, 3.63) is 0 Å². The molecule has 0 radical (unpaired) electrons. The van der Waals surface area contributed by atoms with Gasteiger partial charge in [-0.2, -0.15) is 0 Å². The van der Waals surface area contributed by atoms with E-state index >= 15 is 0 Å². The molecular weight excluding hydrogens is 202 g/mol. The summed E-state index contributed by atoms with van der Waals surface area (Å²) < 4.78 is 0. The first-order valence-corrected chi connectivity index (χ1v) is 5.76. The molecule has 1 aliphatic rings. The second kappa shape index (κ2) is 5.15. The van der Waals surface area contributed by atoms with Gasteiger partial charge in [0.15, 0.2) is 0 Å². The molecule has 1 aliphatic heterocycles. The summed E-state index contributed by atoms with van der Waals surface area (Å²) in [7, 11) is 0. The van der Waals surface area contributed by atoms with Crippen LogP contribution >= 0.6 is 15.9 Å². The lowest BCUT2D eigenvalue weighted by atomic mass is 10.1. The molecule has 66 valence electrons. The molecule has 0 aliphatic carbocycles. The van der Waals surface area contributed by atoms with Crippen LogP contribution in [0.3, 0.4) is 0 Å². The quantitative estimate of drug-likeness (QED) is 0.646. The molecule has 1 fully saturated rings. The van der Waals surface area contributed by atoms with Gasteiger partial charge in [-0.25, -0.2) is 0 Å². The van der Waals surface area contributed by atoms with E-state index in [4.69, 9.17) is 0 Å². The Morgan fingerprint density at radius 2 is 2.18 bits per heavy atom. The topological polar surface area (TPSA) is 3.24 Å². The van der Waals surface area contributed by atoms with Crippen molar-refractivity contribution in [2.75, 3.05) is 18.4 Å². The molecule has 0 N–H and O–H groups in total. The van der Waals surface area contributed by atoms with E-state index < -0.39 is 0 Å². The molecule has 0 spiro atoms. The lowest BCUT2D eigenvalue weighted by molar-refractivity contribution is 0.228. The molecule has 0 amide bonds. The van der Waals surface area contributed by atoms with E-state index in [2.05, 4.69) is 27.8 Å². The Hall–Kier alpha value is 0.440. The minimum atomic E-state index is 0.815. The van der Waals surface area contributed by atoms with Gasteiger partial charge in [0.1, 0.15) is 0 Å². The van der Waals surface area contributed by atoms with E-state index in [1.807, 2.05) is 0 Å². The first kappa shape index (κ1) is 9.53. The third-order valence-corrected chi connectivity index (χ3v) is 2.92. The Bertz CT molecular complexity index is 106. The molecular formula is C9H18BrN. The zero-order valence-electron chi connectivity index (χ0n) is 7.35. The van der Waals surface area contributed by atoms with Crippen molar-refractivity contribution in [1.29, 1.82) is 0 Å². The van der Waals surface area contributed by atoms with Crippen molar-refractivity contribution in [1.82, 2.24) is 4.90 Å². The number of hydrogen-bond donors (Lipinski definition) is 0. The number of nitrogens with zero attached hydrogens (tertiary/aromatic N) is 1. The van der Waals surface area contributed by atoms with Gasteiger partial charge in [-0.3, -0.25) is 4.90 Å². The molecule has 1 heterocycles. The highest BCUT2D eigenvalue weighted by atomic mass is 79.9. The molecule has 0 bridgehead atoms. The maximum absolute atomic E-state index is 3.50. The summed E-state index contributed by atoms with van der Waals surface area (Å²) >= 11 is 3.50. The Labute approximate surface area is 78.3 Å². The largest absolute Gasteiger partial charge is 0.300 e. The van der Waals surface area contributed by atoms with Gasteiger partial charge in [-0.15, -0.1) is 0 Å². The van der Waals surface area contributed by atoms with Gasteiger partial charge in [-0.1, -0.05) is 28.8 Å². The van der Waals surface area contributed by atoms with E-state index in [1.165, 1.54) is 38.8 Å². The van der Waals surface area contributed by atoms with E-state index in [0.717, 1.165) is 11.4 Å². The van der Waals surface area contributed by atoms with Crippen LogP contribution in [0.15, 0.2) is 0 Å². The predicted molar refractivity (Wildman–Crippen MR) is 53.3 cm³/mol. The molecule has 0 saturated carbocycles. The highest BCUT2D eigenvalue weighted by molar-refractivity contribution is 9.09. The average molecular weight is 220 g/mol. The average Bonchev–Trinajstić information content (AvgIpc) is 2.18. The van der Waals surface area contributed by atoms with E-state index in [9.17, 15) is 0 Å². The summed E-state index contributed by atoms with van der Waals surface area (Å²) in [4.78, 5) is 2.60. The second-order valence-corrected chi connectivity index (χ2v) is 4.22. The monoisotopic (exact) mass is 219 g/mol. The Morgan fingerprint density at radius 3 is 2.91 bits per heavy atom. The molecule has 1 nitrogen and oxygen atoms in total. The zero-order valence-corrected chi connectivity index (χ0v) is 8.94. The minimum absolute atomic E-state index is 0.815. The lowest BCUT2D eigenvalue weighted by Gasteiger charge is -2.25. The normalized spacial score (nSPS) is 28.4. The molecule has 1 unspecified atom stereocenters. The molecule has 0 aromatic heterocycles. The lowest BCUT2D eigenvalue weighted by Crippen LogP contribution is -2.33. The number of likely N-dealkylation sites (tertiary alicyclic amines) is 1. The van der Waals surface area contributed by atoms with Crippen molar-refractivity contribution >= 4 is 15.9 Å². The number of rotatable bonds is 2. The van der Waals surface area contributed by atoms with Gasteiger partial charge in [0.05, 0.1) is 0 Å². The highest BCUT2D eigenvalue weighted by Crippen LogP contribution is 2.15. The summed E-state index contributed by atoms with van der Waals surface area (Å²) in [5.41, 5.74) is 0. The van der Waals surface area contributed by atoms with Crippen LogP contribution in [-0.2, 0) is 0 Å². The SMILES string of the molecule is CC1CCCCCN1CCBr. The maximum atomic E-state index is 3.50. The van der Waals surface area contributed by atoms with Crippen LogP contribution in [0.25, 0.3) is 0 Å². The van der Waals surface area contributed by atoms with Crippen LogP contribution in [-0.4, -0.2) is 29.4 Å². The van der Waals surface area contributed by atoms with Gasteiger partial charge in [-0.05, 0) is 26.3 Å². The highest BCUT2D eigenvalue weighted by Gasteiger charge is 2.14. The fourth-order valence-corrected chi connectivity index (χ4v) is 2.23. The first-order valence-electron chi connectivity index (χ1n) is 4.64. The molecule has 2 heteroatoms. The summed E-state index contributed by atoms with van der Waals surface area (Å²) in [6, 6.07) is 0.815. The third kappa shape index (κ3) is 3.12. The number of hydrogen-bond acceptors (Lipinski definition) is 1. The summed E-state index contributed by atoms with van der Waals surface area (Å²) in [6.07, 6.45) is 5.66. The van der Waals surface area contributed by atoms with E-state index in [-0.39, 0.29) is 0 Å². The maximum Gasteiger partial charge on any atom is 0.0159 e. The zero-order chi connectivity index (χ0) is 8.10. The first-order chi connectivity index (χ1) is 5.34. The molecule has 1 rings (SSSR count). The molecule has 0 aromatic rings. The van der Waals surface area contributed by atoms with Crippen molar-refractivity contribution in [2.45, 2.75) is 38.6 Å². The summed E-state index contributed by atoms with van der Waals surface area (Å²) in [5, 5.41) is 1.12. The Kier molecular flexibility index (Phi) is 4.46.